The lowest BCUT2D eigenvalue weighted by atomic mass is 9.76. The molecule has 10 nitrogen and oxygen atoms in total. The van der Waals surface area contributed by atoms with Crippen LogP contribution in [0.25, 0.3) is 0 Å². The molecule has 2 aromatic rings. The van der Waals surface area contributed by atoms with Crippen LogP contribution in [0.3, 0.4) is 0 Å². The third kappa shape index (κ3) is 11.3. The molecule has 12 heteroatoms. The van der Waals surface area contributed by atoms with E-state index in [1.807, 2.05) is 40.7 Å². The predicted octanol–water partition coefficient (Wildman–Crippen LogP) is 5.49. The summed E-state index contributed by atoms with van der Waals surface area (Å²) in [6.07, 6.45) is 0.285. The van der Waals surface area contributed by atoms with Crippen LogP contribution in [0.5, 0.6) is 5.75 Å². The van der Waals surface area contributed by atoms with Gasteiger partial charge in [-0.05, 0) is 24.1 Å². The maximum Gasteiger partial charge on any atom is 0.524 e. The van der Waals surface area contributed by atoms with E-state index in [-0.39, 0.29) is 42.2 Å². The third-order valence-corrected chi connectivity index (χ3v) is 6.48. The average molecular weight is 573 g/mol. The Balaban J connectivity index is 0.000000389. The second kappa shape index (κ2) is 13.8. The van der Waals surface area contributed by atoms with Gasteiger partial charge in [0.2, 0.25) is 0 Å². The van der Waals surface area contributed by atoms with E-state index in [0.29, 0.717) is 16.7 Å². The summed E-state index contributed by atoms with van der Waals surface area (Å²) in [5.41, 5.74) is 1.84. The Kier molecular flexibility index (Phi) is 12.3. The number of phosphoric ester groups is 2. The van der Waals surface area contributed by atoms with Gasteiger partial charge in [0, 0.05) is 34.8 Å². The summed E-state index contributed by atoms with van der Waals surface area (Å²) in [7, 11) is -9.16. The zero-order valence-electron chi connectivity index (χ0n) is 22.7. The fourth-order valence-corrected chi connectivity index (χ4v) is 4.51. The lowest BCUT2D eigenvalue weighted by molar-refractivity contribution is -0.122. The van der Waals surface area contributed by atoms with Crippen molar-refractivity contribution < 1.29 is 47.3 Å². The monoisotopic (exact) mass is 572 g/mol. The van der Waals surface area contributed by atoms with Crippen LogP contribution in [-0.2, 0) is 30.5 Å². The number of aryl methyl sites for hydroxylation is 1. The molecule has 2 aromatic carbocycles. The van der Waals surface area contributed by atoms with Crippen LogP contribution in [0, 0.1) is 18.8 Å². The van der Waals surface area contributed by atoms with Crippen molar-refractivity contribution >= 4 is 27.2 Å². The van der Waals surface area contributed by atoms with Gasteiger partial charge in [-0.1, -0.05) is 77.9 Å². The molecule has 0 saturated heterocycles. The van der Waals surface area contributed by atoms with Gasteiger partial charge in [0.05, 0.1) is 6.61 Å². The van der Waals surface area contributed by atoms with Crippen molar-refractivity contribution in [1.82, 2.24) is 0 Å². The van der Waals surface area contributed by atoms with Gasteiger partial charge in [-0.2, -0.15) is 0 Å². The Morgan fingerprint density at radius 2 is 1.45 bits per heavy atom. The molecule has 0 aromatic heterocycles. The summed E-state index contributed by atoms with van der Waals surface area (Å²) in [4.78, 5) is 59.2. The summed E-state index contributed by atoms with van der Waals surface area (Å²) in [5, 5.41) is 0. The Morgan fingerprint density at radius 3 is 1.95 bits per heavy atom. The smallest absolute Gasteiger partial charge is 0.404 e. The molecular weight excluding hydrogens is 534 g/mol. The average Bonchev–Trinajstić information content (AvgIpc) is 2.75. The Bertz CT molecular complexity index is 1210. The number of carbonyl (C=O) groups excluding carboxylic acids is 2. The molecule has 38 heavy (non-hydrogen) atoms. The summed E-state index contributed by atoms with van der Waals surface area (Å²) in [5.74, 6) is -0.101. The first-order valence-electron chi connectivity index (χ1n) is 12.0. The molecule has 0 aliphatic heterocycles. The first kappa shape index (κ1) is 33.9. The fraction of sp³-hybridized carbons (Fsp3) is 0.462. The highest BCUT2D eigenvalue weighted by Gasteiger charge is 2.32. The molecule has 0 aliphatic carbocycles. The zero-order valence-corrected chi connectivity index (χ0v) is 24.5. The van der Waals surface area contributed by atoms with Crippen molar-refractivity contribution in [3.05, 3.63) is 64.7 Å². The number of ketones is 2. The molecule has 2 rings (SSSR count). The van der Waals surface area contributed by atoms with E-state index in [0.717, 1.165) is 5.56 Å². The summed E-state index contributed by atoms with van der Waals surface area (Å²) >= 11 is 0. The molecule has 4 N–H and O–H groups in total. The van der Waals surface area contributed by atoms with Gasteiger partial charge in [0.15, 0.2) is 5.78 Å². The number of phosphoric acid groups is 2. The first-order chi connectivity index (χ1) is 17.2. The van der Waals surface area contributed by atoms with Gasteiger partial charge < -0.3 is 14.3 Å². The SMILES string of the molecule is CC(C)C(=O)c1ccccc1COP(=O)(O)O.Cc1cccc(OP(=O)(O)O)c1C(C)(C)CC(=O)C(C)C. The number of hydrogen-bond acceptors (Lipinski definition) is 6. The van der Waals surface area contributed by atoms with Crippen LogP contribution in [-0.4, -0.2) is 31.1 Å². The topological polar surface area (TPSA) is 168 Å². The minimum absolute atomic E-state index is 0.0742. The van der Waals surface area contributed by atoms with Gasteiger partial charge in [0.1, 0.15) is 11.5 Å². The van der Waals surface area contributed by atoms with Gasteiger partial charge >= 0.3 is 15.6 Å². The summed E-state index contributed by atoms with van der Waals surface area (Å²) < 4.78 is 30.9. The lowest BCUT2D eigenvalue weighted by Crippen LogP contribution is -2.26. The maximum absolute atomic E-state index is 12.0. The van der Waals surface area contributed by atoms with Crippen molar-refractivity contribution in [2.45, 2.75) is 66.9 Å². The van der Waals surface area contributed by atoms with E-state index in [4.69, 9.17) is 24.1 Å². The normalized spacial score (nSPS) is 12.2. The van der Waals surface area contributed by atoms with Crippen LogP contribution in [0.15, 0.2) is 42.5 Å². The lowest BCUT2D eigenvalue weighted by Gasteiger charge is -2.29. The number of Topliss-reactive ketones (excluding diaryl/α,β-unsaturated/α-hetero) is 2. The minimum Gasteiger partial charge on any atom is -0.404 e. The van der Waals surface area contributed by atoms with Gasteiger partial charge in [0.25, 0.3) is 0 Å². The Labute approximate surface area is 223 Å². The number of benzene rings is 2. The highest BCUT2D eigenvalue weighted by Crippen LogP contribution is 2.44. The van der Waals surface area contributed by atoms with E-state index < -0.39 is 21.1 Å². The number of rotatable bonds is 11. The van der Waals surface area contributed by atoms with Crippen LogP contribution >= 0.6 is 15.6 Å². The van der Waals surface area contributed by atoms with Crippen LogP contribution in [0.2, 0.25) is 0 Å². The van der Waals surface area contributed by atoms with Gasteiger partial charge in [-0.25, -0.2) is 9.13 Å². The number of hydrogen-bond donors (Lipinski definition) is 4. The van der Waals surface area contributed by atoms with E-state index in [2.05, 4.69) is 4.52 Å². The van der Waals surface area contributed by atoms with Crippen molar-refractivity contribution in [2.24, 2.45) is 11.8 Å². The van der Waals surface area contributed by atoms with Crippen molar-refractivity contribution in [3.63, 3.8) is 0 Å². The molecule has 0 spiro atoms. The minimum atomic E-state index is -4.64. The molecule has 0 unspecified atom stereocenters. The predicted molar refractivity (Wildman–Crippen MR) is 144 cm³/mol. The number of carbonyl (C=O) groups is 2. The summed E-state index contributed by atoms with van der Waals surface area (Å²) in [6.45, 7) is 12.5. The standard InChI is InChI=1S/C15H23O5P.C11H15O5P/c1-10(2)12(16)9-15(4,5)14-11(3)7-6-8-13(14)20-21(17,18)19;1-8(2)11(12)10-6-4-3-5-9(10)7-16-17(13,14)15/h6-8,10H,9H2,1-5H3,(H2,17,18,19);3-6,8H,7H2,1-2H3,(H2,13,14,15). The largest absolute Gasteiger partial charge is 0.524 e. The molecule has 0 amide bonds. The van der Waals surface area contributed by atoms with Crippen molar-refractivity contribution in [3.8, 4) is 5.75 Å². The first-order valence-corrected chi connectivity index (χ1v) is 15.0. The Morgan fingerprint density at radius 1 is 0.868 bits per heavy atom. The fourth-order valence-electron chi connectivity index (χ4n) is 3.79. The van der Waals surface area contributed by atoms with E-state index in [9.17, 15) is 18.7 Å². The Hall–Kier alpha value is -2.16. The van der Waals surface area contributed by atoms with E-state index in [1.165, 1.54) is 6.07 Å². The molecule has 212 valence electrons. The van der Waals surface area contributed by atoms with E-state index >= 15 is 0 Å². The molecule has 0 radical (unpaired) electrons. The quantitative estimate of drug-likeness (QED) is 0.199. The molecule has 0 atom stereocenters. The molecule has 0 fully saturated rings. The maximum atomic E-state index is 12.0. The van der Waals surface area contributed by atoms with Crippen LogP contribution < -0.4 is 4.52 Å². The molecule has 0 aliphatic rings. The molecule has 0 heterocycles. The molecule has 0 saturated carbocycles. The van der Waals surface area contributed by atoms with E-state index in [1.54, 1.807) is 44.2 Å². The van der Waals surface area contributed by atoms with Crippen molar-refractivity contribution in [2.75, 3.05) is 0 Å². The highest BCUT2D eigenvalue weighted by molar-refractivity contribution is 7.46. The van der Waals surface area contributed by atoms with Gasteiger partial charge in [-0.15, -0.1) is 0 Å². The second-order valence-electron chi connectivity index (χ2n) is 10.2. The third-order valence-electron chi connectivity index (χ3n) is 5.58. The highest BCUT2D eigenvalue weighted by atomic mass is 31.2. The zero-order chi connectivity index (χ0) is 29.5. The van der Waals surface area contributed by atoms with Gasteiger partial charge in [-0.3, -0.25) is 23.9 Å². The van der Waals surface area contributed by atoms with Crippen molar-refractivity contribution in [1.29, 1.82) is 0 Å². The molecular formula is C26H38O10P2. The summed E-state index contributed by atoms with van der Waals surface area (Å²) in [6, 6.07) is 11.7. The molecule has 0 bridgehead atoms. The second-order valence-corrected chi connectivity index (χ2v) is 12.6. The van der Waals surface area contributed by atoms with Crippen LogP contribution in [0.4, 0.5) is 0 Å². The van der Waals surface area contributed by atoms with Crippen LogP contribution in [0.1, 0.15) is 75.0 Å².